The van der Waals surface area contributed by atoms with Crippen LogP contribution in [-0.2, 0) is 0 Å². The minimum absolute atomic E-state index is 0.110. The summed E-state index contributed by atoms with van der Waals surface area (Å²) in [7, 11) is 0. The van der Waals surface area contributed by atoms with E-state index >= 15 is 0 Å². The van der Waals surface area contributed by atoms with Gasteiger partial charge in [0.05, 0.1) is 12.0 Å². The Labute approximate surface area is 117 Å². The number of nitrogens with zero attached hydrogens (tertiary/aromatic N) is 2. The van der Waals surface area contributed by atoms with Crippen molar-refractivity contribution in [2.24, 2.45) is 5.92 Å². The van der Waals surface area contributed by atoms with Crippen LogP contribution in [0.5, 0.6) is 0 Å². The SMILES string of the molecule is Cc1cccc(C)c1[C@@H]1CN(C(C)(C)C)C[C@H]1C#N. The molecule has 1 aromatic carbocycles. The van der Waals surface area contributed by atoms with E-state index in [0.717, 1.165) is 13.1 Å². The van der Waals surface area contributed by atoms with E-state index in [2.05, 4.69) is 63.8 Å². The van der Waals surface area contributed by atoms with Crippen molar-refractivity contribution in [2.45, 2.75) is 46.1 Å². The minimum Gasteiger partial charge on any atom is -0.297 e. The quantitative estimate of drug-likeness (QED) is 0.767. The summed E-state index contributed by atoms with van der Waals surface area (Å²) in [5.74, 6) is 0.462. The van der Waals surface area contributed by atoms with Gasteiger partial charge in [-0.15, -0.1) is 0 Å². The Kier molecular flexibility index (Phi) is 3.69. The summed E-state index contributed by atoms with van der Waals surface area (Å²) in [5.41, 5.74) is 4.17. The van der Waals surface area contributed by atoms with Gasteiger partial charge in [-0.2, -0.15) is 5.26 Å². The Morgan fingerprint density at radius 2 is 1.74 bits per heavy atom. The van der Waals surface area contributed by atoms with Crippen LogP contribution < -0.4 is 0 Å². The molecular formula is C17H24N2. The molecule has 19 heavy (non-hydrogen) atoms. The highest BCUT2D eigenvalue weighted by molar-refractivity contribution is 5.39. The molecule has 0 saturated carbocycles. The van der Waals surface area contributed by atoms with Crippen molar-refractivity contribution in [1.82, 2.24) is 4.90 Å². The Morgan fingerprint density at radius 1 is 1.16 bits per heavy atom. The van der Waals surface area contributed by atoms with Crippen molar-refractivity contribution in [3.05, 3.63) is 34.9 Å². The van der Waals surface area contributed by atoms with Crippen LogP contribution >= 0.6 is 0 Å². The van der Waals surface area contributed by atoms with Crippen molar-refractivity contribution in [2.75, 3.05) is 13.1 Å². The Hall–Kier alpha value is -1.33. The molecule has 1 heterocycles. The first-order chi connectivity index (χ1) is 8.84. The molecule has 0 spiro atoms. The van der Waals surface area contributed by atoms with Crippen LogP contribution in [0.2, 0.25) is 0 Å². The van der Waals surface area contributed by atoms with Crippen LogP contribution in [0.15, 0.2) is 18.2 Å². The molecule has 0 N–H and O–H groups in total. The van der Waals surface area contributed by atoms with E-state index in [9.17, 15) is 5.26 Å². The predicted octanol–water partition coefficient (Wildman–Crippen LogP) is 3.64. The predicted molar refractivity (Wildman–Crippen MR) is 79.1 cm³/mol. The zero-order valence-electron chi connectivity index (χ0n) is 12.7. The van der Waals surface area contributed by atoms with Gasteiger partial charge in [0.1, 0.15) is 0 Å². The van der Waals surface area contributed by atoms with E-state index in [1.165, 1.54) is 16.7 Å². The number of hydrogen-bond donors (Lipinski definition) is 0. The number of nitriles is 1. The molecule has 0 amide bonds. The smallest absolute Gasteiger partial charge is 0.0676 e. The highest BCUT2D eigenvalue weighted by atomic mass is 15.2. The number of benzene rings is 1. The number of rotatable bonds is 1. The molecule has 2 nitrogen and oxygen atoms in total. The lowest BCUT2D eigenvalue weighted by molar-refractivity contribution is 0.170. The number of hydrogen-bond acceptors (Lipinski definition) is 2. The standard InChI is InChI=1S/C17H24N2/c1-12-7-6-8-13(2)16(12)15-11-19(17(3,4)5)10-14(15)9-18/h6-8,14-15H,10-11H2,1-5H3/t14-,15-/m1/s1. The average Bonchev–Trinajstić information content (AvgIpc) is 2.72. The lowest BCUT2D eigenvalue weighted by atomic mass is 9.84. The molecular weight excluding hydrogens is 232 g/mol. The lowest BCUT2D eigenvalue weighted by Crippen LogP contribution is -2.39. The maximum Gasteiger partial charge on any atom is 0.0676 e. The minimum atomic E-state index is 0.110. The molecule has 2 heteroatoms. The summed E-state index contributed by atoms with van der Waals surface area (Å²) < 4.78 is 0. The maximum absolute atomic E-state index is 9.49. The normalized spacial score (nSPS) is 24.4. The van der Waals surface area contributed by atoms with Gasteiger partial charge >= 0.3 is 0 Å². The first kappa shape index (κ1) is 14.1. The van der Waals surface area contributed by atoms with Gasteiger partial charge in [0, 0.05) is 24.5 Å². The Balaban J connectivity index is 2.37. The van der Waals surface area contributed by atoms with Gasteiger partial charge in [0.25, 0.3) is 0 Å². The maximum atomic E-state index is 9.49. The van der Waals surface area contributed by atoms with Crippen LogP contribution in [0.3, 0.4) is 0 Å². The number of likely N-dealkylation sites (tertiary alicyclic amines) is 1. The molecule has 0 radical (unpaired) electrons. The third kappa shape index (κ3) is 2.67. The zero-order valence-corrected chi connectivity index (χ0v) is 12.7. The molecule has 102 valence electrons. The molecule has 0 unspecified atom stereocenters. The fourth-order valence-electron chi connectivity index (χ4n) is 3.19. The van der Waals surface area contributed by atoms with E-state index in [0.29, 0.717) is 5.92 Å². The summed E-state index contributed by atoms with van der Waals surface area (Å²) in [6, 6.07) is 8.96. The first-order valence-corrected chi connectivity index (χ1v) is 7.05. The van der Waals surface area contributed by atoms with E-state index in [4.69, 9.17) is 0 Å². The van der Waals surface area contributed by atoms with Crippen LogP contribution in [-0.4, -0.2) is 23.5 Å². The van der Waals surface area contributed by atoms with Crippen LogP contribution in [0, 0.1) is 31.1 Å². The second kappa shape index (κ2) is 4.98. The van der Waals surface area contributed by atoms with E-state index in [-0.39, 0.29) is 11.5 Å². The molecule has 1 aromatic rings. The molecule has 0 aromatic heterocycles. The lowest BCUT2D eigenvalue weighted by Gasteiger charge is -2.31. The average molecular weight is 256 g/mol. The van der Waals surface area contributed by atoms with Crippen LogP contribution in [0.1, 0.15) is 43.4 Å². The molecule has 2 rings (SSSR count). The third-order valence-corrected chi connectivity index (χ3v) is 4.35. The second-order valence-corrected chi connectivity index (χ2v) is 6.72. The molecule has 2 atom stereocenters. The second-order valence-electron chi connectivity index (χ2n) is 6.72. The van der Waals surface area contributed by atoms with Gasteiger partial charge in [-0.3, -0.25) is 4.90 Å². The van der Waals surface area contributed by atoms with Crippen molar-refractivity contribution in [3.8, 4) is 6.07 Å². The van der Waals surface area contributed by atoms with Crippen LogP contribution in [0.4, 0.5) is 0 Å². The summed E-state index contributed by atoms with van der Waals surface area (Å²) in [6.07, 6.45) is 0. The molecule has 0 aliphatic carbocycles. The van der Waals surface area contributed by atoms with Gasteiger partial charge in [0.15, 0.2) is 0 Å². The molecule has 1 saturated heterocycles. The van der Waals surface area contributed by atoms with Gasteiger partial charge in [-0.25, -0.2) is 0 Å². The van der Waals surface area contributed by atoms with Crippen molar-refractivity contribution in [1.29, 1.82) is 5.26 Å². The highest BCUT2D eigenvalue weighted by Gasteiger charge is 2.39. The highest BCUT2D eigenvalue weighted by Crippen LogP contribution is 2.38. The zero-order chi connectivity index (χ0) is 14.2. The largest absolute Gasteiger partial charge is 0.297 e. The van der Waals surface area contributed by atoms with Gasteiger partial charge in [-0.05, 0) is 51.3 Å². The summed E-state index contributed by atoms with van der Waals surface area (Å²) in [6.45, 7) is 12.9. The van der Waals surface area contributed by atoms with Crippen molar-refractivity contribution < 1.29 is 0 Å². The fourth-order valence-corrected chi connectivity index (χ4v) is 3.19. The van der Waals surface area contributed by atoms with Crippen molar-refractivity contribution >= 4 is 0 Å². The summed E-state index contributed by atoms with van der Waals surface area (Å²) in [5, 5.41) is 9.49. The molecule has 1 aliphatic rings. The Morgan fingerprint density at radius 3 is 2.21 bits per heavy atom. The topological polar surface area (TPSA) is 27.0 Å². The fraction of sp³-hybridized carbons (Fsp3) is 0.588. The van der Waals surface area contributed by atoms with E-state index in [1.807, 2.05) is 0 Å². The van der Waals surface area contributed by atoms with E-state index in [1.54, 1.807) is 0 Å². The molecule has 1 aliphatic heterocycles. The van der Waals surface area contributed by atoms with E-state index < -0.39 is 0 Å². The summed E-state index contributed by atoms with van der Waals surface area (Å²) in [4.78, 5) is 2.44. The van der Waals surface area contributed by atoms with Crippen LogP contribution in [0.25, 0.3) is 0 Å². The summed E-state index contributed by atoms with van der Waals surface area (Å²) >= 11 is 0. The molecule has 1 fully saturated rings. The van der Waals surface area contributed by atoms with Gasteiger partial charge in [-0.1, -0.05) is 18.2 Å². The molecule has 0 bridgehead atoms. The first-order valence-electron chi connectivity index (χ1n) is 7.05. The van der Waals surface area contributed by atoms with Gasteiger partial charge in [0.2, 0.25) is 0 Å². The third-order valence-electron chi connectivity index (χ3n) is 4.35. The number of aryl methyl sites for hydroxylation is 2. The Bertz CT molecular complexity index is 485. The van der Waals surface area contributed by atoms with Gasteiger partial charge < -0.3 is 0 Å². The van der Waals surface area contributed by atoms with Crippen molar-refractivity contribution in [3.63, 3.8) is 0 Å². The monoisotopic (exact) mass is 256 g/mol.